The van der Waals surface area contributed by atoms with Crippen molar-refractivity contribution in [2.45, 2.75) is 50.6 Å². The van der Waals surface area contributed by atoms with Gasteiger partial charge in [0.1, 0.15) is 11.3 Å². The molecular formula is C18H20F3N5O. The number of benzene rings is 1. The van der Waals surface area contributed by atoms with Crippen LogP contribution >= 0.6 is 0 Å². The largest absolute Gasteiger partial charge is 0.506 e. The number of halogens is 3. The van der Waals surface area contributed by atoms with Crippen LogP contribution in [0.3, 0.4) is 0 Å². The van der Waals surface area contributed by atoms with Crippen LogP contribution in [-0.4, -0.2) is 30.9 Å². The Kier molecular flexibility index (Phi) is 4.32. The topological polar surface area (TPSA) is 89.3 Å². The lowest BCUT2D eigenvalue weighted by Crippen LogP contribution is -2.18. The van der Waals surface area contributed by atoms with Gasteiger partial charge in [0.15, 0.2) is 11.5 Å². The predicted octanol–water partition coefficient (Wildman–Crippen LogP) is 4.18. The van der Waals surface area contributed by atoms with E-state index in [-0.39, 0.29) is 30.0 Å². The van der Waals surface area contributed by atoms with Crippen LogP contribution in [0.15, 0.2) is 18.2 Å². The second kappa shape index (κ2) is 6.54. The number of aromatic nitrogens is 4. The highest BCUT2D eigenvalue weighted by Crippen LogP contribution is 2.39. The molecule has 0 radical (unpaired) electrons. The van der Waals surface area contributed by atoms with Crippen molar-refractivity contribution in [2.75, 3.05) is 5.73 Å². The predicted molar refractivity (Wildman–Crippen MR) is 94.4 cm³/mol. The van der Waals surface area contributed by atoms with Crippen LogP contribution in [0.4, 0.5) is 19.1 Å². The summed E-state index contributed by atoms with van der Waals surface area (Å²) in [6.45, 7) is 0. The Hall–Kier alpha value is -2.58. The molecule has 27 heavy (non-hydrogen) atoms. The maximum absolute atomic E-state index is 12.5. The van der Waals surface area contributed by atoms with Crippen molar-refractivity contribution in [3.8, 4) is 5.75 Å². The number of anilines is 1. The molecule has 4 rings (SSSR count). The maximum atomic E-state index is 12.5. The number of fused-ring (bicyclic) bond motifs is 3. The quantitative estimate of drug-likeness (QED) is 0.713. The molecule has 144 valence electrons. The zero-order valence-corrected chi connectivity index (χ0v) is 14.6. The smallest absolute Gasteiger partial charge is 0.389 e. The number of para-hydroxylation sites is 1. The molecule has 1 saturated carbocycles. The molecule has 6 nitrogen and oxygen atoms in total. The van der Waals surface area contributed by atoms with Gasteiger partial charge in [-0.1, -0.05) is 18.9 Å². The summed E-state index contributed by atoms with van der Waals surface area (Å²) in [5, 5.41) is 15.1. The van der Waals surface area contributed by atoms with Crippen molar-refractivity contribution in [1.82, 2.24) is 19.6 Å². The summed E-state index contributed by atoms with van der Waals surface area (Å²) in [6.07, 6.45) is -1.56. The van der Waals surface area contributed by atoms with E-state index in [2.05, 4.69) is 15.1 Å². The Balaban J connectivity index is 1.65. The third kappa shape index (κ3) is 3.50. The van der Waals surface area contributed by atoms with Crippen LogP contribution in [0.25, 0.3) is 16.6 Å². The van der Waals surface area contributed by atoms with Gasteiger partial charge in [-0.2, -0.15) is 17.7 Å². The van der Waals surface area contributed by atoms with E-state index in [1.807, 2.05) is 0 Å². The van der Waals surface area contributed by atoms with E-state index in [0.29, 0.717) is 28.8 Å². The van der Waals surface area contributed by atoms with Gasteiger partial charge in [0.05, 0.1) is 0 Å². The van der Waals surface area contributed by atoms with Crippen molar-refractivity contribution >= 4 is 22.5 Å². The van der Waals surface area contributed by atoms with Gasteiger partial charge in [-0.15, -0.1) is 5.10 Å². The number of phenols is 1. The fourth-order valence-electron chi connectivity index (χ4n) is 3.98. The lowest BCUT2D eigenvalue weighted by atomic mass is 9.79. The fourth-order valence-corrected chi connectivity index (χ4v) is 3.98. The summed E-state index contributed by atoms with van der Waals surface area (Å²) in [7, 11) is 0. The summed E-state index contributed by atoms with van der Waals surface area (Å²) in [5.41, 5.74) is 6.83. The van der Waals surface area contributed by atoms with Crippen LogP contribution in [0, 0.1) is 5.92 Å². The first-order chi connectivity index (χ1) is 12.8. The van der Waals surface area contributed by atoms with Crippen molar-refractivity contribution in [2.24, 2.45) is 5.92 Å². The average molecular weight is 379 g/mol. The number of alkyl halides is 3. The molecular weight excluding hydrogens is 359 g/mol. The van der Waals surface area contributed by atoms with Gasteiger partial charge in [0, 0.05) is 17.7 Å². The molecule has 1 aromatic carbocycles. The number of hydrogen-bond acceptors (Lipinski definition) is 5. The molecule has 0 unspecified atom stereocenters. The molecule has 0 spiro atoms. The van der Waals surface area contributed by atoms with Gasteiger partial charge in [-0.3, -0.25) is 0 Å². The second-order valence-electron chi connectivity index (χ2n) is 7.23. The zero-order chi connectivity index (χ0) is 19.2. The number of nitrogens with two attached hydrogens (primary N) is 1. The molecule has 2 atom stereocenters. The second-order valence-corrected chi connectivity index (χ2v) is 7.23. The monoisotopic (exact) mass is 379 g/mol. The van der Waals surface area contributed by atoms with Gasteiger partial charge in [0.25, 0.3) is 0 Å². The number of phenolic OH excluding ortho intramolecular Hbond substituents is 1. The summed E-state index contributed by atoms with van der Waals surface area (Å²) < 4.78 is 39.0. The first-order valence-electron chi connectivity index (χ1n) is 9.02. The molecule has 1 aliphatic rings. The number of aromatic hydroxyl groups is 1. The van der Waals surface area contributed by atoms with Crippen molar-refractivity contribution in [3.63, 3.8) is 0 Å². The number of rotatable bonds is 3. The summed E-state index contributed by atoms with van der Waals surface area (Å²) in [5.74, 6) is 0.728. The average Bonchev–Trinajstić information content (AvgIpc) is 3.07. The minimum atomic E-state index is -4.12. The highest BCUT2D eigenvalue weighted by molar-refractivity contribution is 5.95. The SMILES string of the molecule is Nc1nc2c(O)cccc2c2nc([C@@H]3CCC[C@@H](CCC(F)(F)F)C3)nn12. The molecule has 1 fully saturated rings. The summed E-state index contributed by atoms with van der Waals surface area (Å²) in [6, 6.07) is 4.99. The first-order valence-corrected chi connectivity index (χ1v) is 9.02. The Morgan fingerprint density at radius 1 is 1.22 bits per heavy atom. The van der Waals surface area contributed by atoms with E-state index in [0.717, 1.165) is 19.3 Å². The van der Waals surface area contributed by atoms with Gasteiger partial charge >= 0.3 is 6.18 Å². The Morgan fingerprint density at radius 2 is 2.04 bits per heavy atom. The fraction of sp³-hybridized carbons (Fsp3) is 0.500. The molecule has 2 aromatic heterocycles. The van der Waals surface area contributed by atoms with Crippen LogP contribution in [-0.2, 0) is 0 Å². The van der Waals surface area contributed by atoms with Crippen LogP contribution in [0.2, 0.25) is 0 Å². The first kappa shape index (κ1) is 17.8. The summed E-state index contributed by atoms with van der Waals surface area (Å²) >= 11 is 0. The van der Waals surface area contributed by atoms with Crippen molar-refractivity contribution in [1.29, 1.82) is 0 Å². The Labute approximate surface area is 153 Å². The Morgan fingerprint density at radius 3 is 2.81 bits per heavy atom. The molecule has 0 bridgehead atoms. The van der Waals surface area contributed by atoms with E-state index < -0.39 is 12.6 Å². The van der Waals surface area contributed by atoms with Gasteiger partial charge in [0.2, 0.25) is 5.95 Å². The number of nitrogens with zero attached hydrogens (tertiary/aromatic N) is 4. The molecule has 3 N–H and O–H groups in total. The van der Waals surface area contributed by atoms with E-state index in [4.69, 9.17) is 5.73 Å². The third-order valence-electron chi connectivity index (χ3n) is 5.31. The number of hydrogen-bond donors (Lipinski definition) is 2. The molecule has 0 aliphatic heterocycles. The standard InChI is InChI=1S/C18H20F3N5O/c19-18(20,21)8-7-10-3-1-4-11(9-10)15-24-16-12-5-2-6-13(27)14(12)23-17(22)26(16)25-15/h2,5-6,10-11,27H,1,3-4,7-9H2,(H2,22,23)/t10-,11+/m0/s1. The van der Waals surface area contributed by atoms with Crippen molar-refractivity contribution < 1.29 is 18.3 Å². The Bertz CT molecular complexity index is 984. The molecule has 1 aliphatic carbocycles. The minimum absolute atomic E-state index is 0.00337. The maximum Gasteiger partial charge on any atom is 0.389 e. The van der Waals surface area contributed by atoms with Crippen molar-refractivity contribution in [3.05, 3.63) is 24.0 Å². The summed E-state index contributed by atoms with van der Waals surface area (Å²) in [4.78, 5) is 8.80. The molecule has 0 saturated heterocycles. The highest BCUT2D eigenvalue weighted by atomic mass is 19.4. The van der Waals surface area contributed by atoms with Crippen LogP contribution in [0.1, 0.15) is 50.3 Å². The van der Waals surface area contributed by atoms with Gasteiger partial charge in [-0.25, -0.2) is 9.97 Å². The van der Waals surface area contributed by atoms with E-state index in [9.17, 15) is 18.3 Å². The van der Waals surface area contributed by atoms with Gasteiger partial charge in [-0.05, 0) is 37.3 Å². The van der Waals surface area contributed by atoms with Crippen LogP contribution < -0.4 is 5.73 Å². The molecule has 3 aromatic rings. The van der Waals surface area contributed by atoms with Crippen LogP contribution in [0.5, 0.6) is 5.75 Å². The lowest BCUT2D eigenvalue weighted by molar-refractivity contribution is -0.138. The van der Waals surface area contributed by atoms with E-state index in [1.165, 1.54) is 10.6 Å². The third-order valence-corrected chi connectivity index (χ3v) is 5.31. The van der Waals surface area contributed by atoms with Gasteiger partial charge < -0.3 is 10.8 Å². The number of nitrogen functional groups attached to an aromatic ring is 1. The lowest BCUT2D eigenvalue weighted by Gasteiger charge is -2.27. The van der Waals surface area contributed by atoms with E-state index >= 15 is 0 Å². The van der Waals surface area contributed by atoms with E-state index in [1.54, 1.807) is 12.1 Å². The highest BCUT2D eigenvalue weighted by Gasteiger charge is 2.32. The molecule has 9 heteroatoms. The molecule has 2 heterocycles. The molecule has 0 amide bonds. The minimum Gasteiger partial charge on any atom is -0.506 e. The zero-order valence-electron chi connectivity index (χ0n) is 14.6. The normalized spacial score (nSPS) is 21.1.